The van der Waals surface area contributed by atoms with Crippen molar-refractivity contribution in [2.45, 2.75) is 51.2 Å². The van der Waals surface area contributed by atoms with Gasteiger partial charge in [0.1, 0.15) is 5.82 Å². The molecule has 1 saturated carbocycles. The highest BCUT2D eigenvalue weighted by Gasteiger charge is 2.19. The Morgan fingerprint density at radius 3 is 2.83 bits per heavy atom. The van der Waals surface area contributed by atoms with E-state index < -0.39 is 0 Å². The van der Waals surface area contributed by atoms with Crippen LogP contribution in [0.1, 0.15) is 57.0 Å². The minimum absolute atomic E-state index is 0.00652. The van der Waals surface area contributed by atoms with Crippen molar-refractivity contribution in [1.82, 2.24) is 9.97 Å². The highest BCUT2D eigenvalue weighted by atomic mass is 32.2. The third-order valence-corrected chi connectivity index (χ3v) is 4.65. The van der Waals surface area contributed by atoms with Crippen molar-refractivity contribution < 1.29 is 0 Å². The summed E-state index contributed by atoms with van der Waals surface area (Å²) in [5.41, 5.74) is 1.02. The van der Waals surface area contributed by atoms with Crippen LogP contribution in [-0.2, 0) is 5.75 Å². The van der Waals surface area contributed by atoms with Crippen LogP contribution in [-0.4, -0.2) is 15.7 Å². The van der Waals surface area contributed by atoms with E-state index in [0.717, 1.165) is 23.0 Å². The highest BCUT2D eigenvalue weighted by molar-refractivity contribution is 7.98. The summed E-state index contributed by atoms with van der Waals surface area (Å²) in [5, 5.41) is 0. The maximum absolute atomic E-state index is 11.7. The van der Waals surface area contributed by atoms with Crippen LogP contribution in [0.2, 0.25) is 0 Å². The molecule has 1 aliphatic carbocycles. The van der Waals surface area contributed by atoms with Gasteiger partial charge in [0, 0.05) is 12.0 Å². The third kappa shape index (κ3) is 3.87. The molecule has 1 aromatic heterocycles. The van der Waals surface area contributed by atoms with Crippen LogP contribution in [0.4, 0.5) is 0 Å². The first-order chi connectivity index (χ1) is 8.65. The van der Waals surface area contributed by atoms with Gasteiger partial charge < -0.3 is 4.98 Å². The van der Waals surface area contributed by atoms with E-state index >= 15 is 0 Å². The number of aromatic amines is 1. The van der Waals surface area contributed by atoms with Gasteiger partial charge in [-0.2, -0.15) is 11.8 Å². The zero-order valence-corrected chi connectivity index (χ0v) is 12.1. The molecular weight excluding hydrogens is 244 g/mol. The summed E-state index contributed by atoms with van der Waals surface area (Å²) in [6, 6.07) is 1.69. The van der Waals surface area contributed by atoms with Gasteiger partial charge in [-0.3, -0.25) is 4.79 Å². The van der Waals surface area contributed by atoms with Crippen molar-refractivity contribution in [2.24, 2.45) is 5.92 Å². The van der Waals surface area contributed by atoms with E-state index in [1.807, 2.05) is 11.8 Å². The molecule has 1 aliphatic rings. The Labute approximate surface area is 113 Å². The molecule has 2 rings (SSSR count). The molecule has 18 heavy (non-hydrogen) atoms. The van der Waals surface area contributed by atoms with E-state index in [2.05, 4.69) is 23.8 Å². The average molecular weight is 266 g/mol. The molecule has 1 fully saturated rings. The number of nitrogens with one attached hydrogen (secondary N) is 1. The van der Waals surface area contributed by atoms with Crippen LogP contribution in [0.15, 0.2) is 10.9 Å². The van der Waals surface area contributed by atoms with Crippen LogP contribution in [0.3, 0.4) is 0 Å². The van der Waals surface area contributed by atoms with Crippen molar-refractivity contribution >= 4 is 11.8 Å². The molecule has 0 radical (unpaired) electrons. The van der Waals surface area contributed by atoms with Gasteiger partial charge in [0.25, 0.3) is 5.56 Å². The van der Waals surface area contributed by atoms with E-state index in [9.17, 15) is 4.79 Å². The van der Waals surface area contributed by atoms with Gasteiger partial charge in [-0.15, -0.1) is 0 Å². The molecule has 0 aromatic carbocycles. The zero-order chi connectivity index (χ0) is 13.0. The number of rotatable bonds is 5. The first kappa shape index (κ1) is 13.7. The topological polar surface area (TPSA) is 45.8 Å². The summed E-state index contributed by atoms with van der Waals surface area (Å²) < 4.78 is 0. The van der Waals surface area contributed by atoms with Gasteiger partial charge in [-0.25, -0.2) is 4.98 Å². The lowest BCUT2D eigenvalue weighted by atomic mass is 10.0. The van der Waals surface area contributed by atoms with Crippen molar-refractivity contribution in [3.63, 3.8) is 0 Å². The normalized spacial score (nSPS) is 16.6. The molecule has 4 heteroatoms. The fraction of sp³-hybridized carbons (Fsp3) is 0.714. The molecule has 1 N–H and O–H groups in total. The van der Waals surface area contributed by atoms with Gasteiger partial charge >= 0.3 is 0 Å². The second-order valence-corrected chi connectivity index (χ2v) is 6.54. The summed E-state index contributed by atoms with van der Waals surface area (Å²) in [5.74, 6) is 3.96. The number of H-pyrrole nitrogens is 1. The van der Waals surface area contributed by atoms with E-state index in [1.54, 1.807) is 6.07 Å². The maximum Gasteiger partial charge on any atom is 0.251 e. The number of aromatic nitrogens is 2. The fourth-order valence-electron chi connectivity index (χ4n) is 2.42. The van der Waals surface area contributed by atoms with Crippen LogP contribution in [0.5, 0.6) is 0 Å². The zero-order valence-electron chi connectivity index (χ0n) is 11.2. The molecule has 0 spiro atoms. The van der Waals surface area contributed by atoms with Crippen molar-refractivity contribution in [2.75, 3.05) is 5.75 Å². The molecular formula is C14H22N2OS. The summed E-state index contributed by atoms with van der Waals surface area (Å²) in [4.78, 5) is 19.2. The van der Waals surface area contributed by atoms with E-state index in [1.165, 1.54) is 25.7 Å². The second kappa shape index (κ2) is 6.41. The summed E-state index contributed by atoms with van der Waals surface area (Å²) in [6.45, 7) is 4.41. The summed E-state index contributed by atoms with van der Waals surface area (Å²) in [6.07, 6.45) is 4.93. The molecule has 100 valence electrons. The summed E-state index contributed by atoms with van der Waals surface area (Å²) in [7, 11) is 0. The molecule has 0 unspecified atom stereocenters. The Morgan fingerprint density at radius 1 is 1.44 bits per heavy atom. The fourth-order valence-corrected chi connectivity index (χ4v) is 3.34. The third-order valence-electron chi connectivity index (χ3n) is 3.27. The van der Waals surface area contributed by atoms with Crippen molar-refractivity contribution in [3.05, 3.63) is 27.9 Å². The highest BCUT2D eigenvalue weighted by Crippen LogP contribution is 2.32. The molecule has 0 bridgehead atoms. The lowest BCUT2D eigenvalue weighted by molar-refractivity contribution is 0.685. The molecule has 0 atom stereocenters. The Kier molecular flexibility index (Phi) is 4.87. The smallest absolute Gasteiger partial charge is 0.251 e. The molecule has 0 saturated heterocycles. The number of hydrogen-bond donors (Lipinski definition) is 1. The number of nitrogens with zero attached hydrogens (tertiary/aromatic N) is 1. The van der Waals surface area contributed by atoms with Crippen LogP contribution in [0.25, 0.3) is 0 Å². The predicted molar refractivity (Wildman–Crippen MR) is 77.1 cm³/mol. The number of hydrogen-bond acceptors (Lipinski definition) is 3. The van der Waals surface area contributed by atoms with Crippen molar-refractivity contribution in [3.8, 4) is 0 Å². The van der Waals surface area contributed by atoms with Crippen LogP contribution >= 0.6 is 11.8 Å². The molecule has 1 heterocycles. The minimum atomic E-state index is 0.00652. The van der Waals surface area contributed by atoms with Gasteiger partial charge in [-0.05, 0) is 24.5 Å². The predicted octanol–water partition coefficient (Wildman–Crippen LogP) is 3.32. The lowest BCUT2D eigenvalue weighted by Crippen LogP contribution is -2.14. The van der Waals surface area contributed by atoms with E-state index in [-0.39, 0.29) is 5.56 Å². The molecule has 1 aromatic rings. The van der Waals surface area contributed by atoms with Gasteiger partial charge in [-0.1, -0.05) is 26.7 Å². The Hall–Kier alpha value is -0.770. The van der Waals surface area contributed by atoms with E-state index in [0.29, 0.717) is 11.8 Å². The standard InChI is InChI=1S/C14H22N2OS/c1-10(2)8-18-9-13-15-12(7-14(17)16-13)11-5-3-4-6-11/h7,10-11H,3-6,8-9H2,1-2H3,(H,15,16,17). The lowest BCUT2D eigenvalue weighted by Gasteiger charge is -2.10. The Morgan fingerprint density at radius 2 is 2.17 bits per heavy atom. The quantitative estimate of drug-likeness (QED) is 0.889. The maximum atomic E-state index is 11.7. The monoisotopic (exact) mass is 266 g/mol. The first-order valence-electron chi connectivity index (χ1n) is 6.83. The number of thioether (sulfide) groups is 1. The Bertz CT molecular complexity index is 436. The van der Waals surface area contributed by atoms with Gasteiger partial charge in [0.2, 0.25) is 0 Å². The van der Waals surface area contributed by atoms with E-state index in [4.69, 9.17) is 0 Å². The molecule has 3 nitrogen and oxygen atoms in total. The molecule has 0 amide bonds. The SMILES string of the molecule is CC(C)CSCc1nc(C2CCCC2)cc(=O)[nH]1. The van der Waals surface area contributed by atoms with Gasteiger partial charge in [0.05, 0.1) is 11.4 Å². The first-order valence-corrected chi connectivity index (χ1v) is 7.98. The summed E-state index contributed by atoms with van der Waals surface area (Å²) >= 11 is 1.84. The van der Waals surface area contributed by atoms with Gasteiger partial charge in [0.15, 0.2) is 0 Å². The Balaban J connectivity index is 2.04. The molecule has 0 aliphatic heterocycles. The van der Waals surface area contributed by atoms with Crippen LogP contribution in [0, 0.1) is 5.92 Å². The second-order valence-electron chi connectivity index (χ2n) is 5.51. The minimum Gasteiger partial charge on any atom is -0.310 e. The van der Waals surface area contributed by atoms with Crippen LogP contribution < -0.4 is 5.56 Å². The largest absolute Gasteiger partial charge is 0.310 e. The van der Waals surface area contributed by atoms with Crippen molar-refractivity contribution in [1.29, 1.82) is 0 Å². The average Bonchev–Trinajstić information content (AvgIpc) is 2.81.